The zero-order valence-electron chi connectivity index (χ0n) is 25.6. The summed E-state index contributed by atoms with van der Waals surface area (Å²) in [6, 6.07) is 17.2. The summed E-state index contributed by atoms with van der Waals surface area (Å²) in [5, 5.41) is 10.6. The Kier molecular flexibility index (Phi) is 10.1. The lowest BCUT2D eigenvalue weighted by molar-refractivity contribution is -0.242. The van der Waals surface area contributed by atoms with Gasteiger partial charge in [0.15, 0.2) is 11.5 Å². The first kappa shape index (κ1) is 32.4. The van der Waals surface area contributed by atoms with Crippen molar-refractivity contribution in [1.82, 2.24) is 4.90 Å². The van der Waals surface area contributed by atoms with Crippen molar-refractivity contribution in [2.24, 2.45) is 0 Å². The lowest BCUT2D eigenvalue weighted by Crippen LogP contribution is -2.50. The third-order valence-electron chi connectivity index (χ3n) is 7.52. The van der Waals surface area contributed by atoms with Gasteiger partial charge in [0.25, 0.3) is 0 Å². The van der Waals surface area contributed by atoms with Crippen molar-refractivity contribution in [3.8, 4) is 28.4 Å². The molecule has 1 fully saturated rings. The van der Waals surface area contributed by atoms with Crippen molar-refractivity contribution < 1.29 is 37.2 Å². The Bertz CT molecular complexity index is 1320. The van der Waals surface area contributed by atoms with E-state index in [0.717, 1.165) is 28.8 Å². The van der Waals surface area contributed by atoms with Gasteiger partial charge in [0.1, 0.15) is 0 Å². The van der Waals surface area contributed by atoms with Crippen molar-refractivity contribution in [3.63, 3.8) is 0 Å². The van der Waals surface area contributed by atoms with Crippen LogP contribution < -0.4 is 19.1 Å². The molecular weight excluding hydrogens is 561 g/mol. The SMILES string of the molecule is COc1cc(-c2cccc(CN(c3ccc(C(F)(F)F)cc3)C3CCN(C(O)OC(C)(C)C)CC3)c2)cc(OC)c1OC. The van der Waals surface area contributed by atoms with Crippen LogP contribution in [0.2, 0.25) is 0 Å². The fraction of sp³-hybridized carbons (Fsp3) is 0.455. The maximum Gasteiger partial charge on any atom is 0.416 e. The number of aliphatic hydroxyl groups is 1. The normalized spacial score (nSPS) is 15.7. The molecule has 0 radical (unpaired) electrons. The predicted octanol–water partition coefficient (Wildman–Crippen LogP) is 6.96. The number of benzene rings is 3. The molecule has 0 bridgehead atoms. The molecule has 1 atom stereocenters. The maximum atomic E-state index is 13.3. The van der Waals surface area contributed by atoms with E-state index in [2.05, 4.69) is 11.0 Å². The molecule has 3 aromatic rings. The van der Waals surface area contributed by atoms with E-state index < -0.39 is 23.8 Å². The highest BCUT2D eigenvalue weighted by Crippen LogP contribution is 2.41. The molecule has 0 amide bonds. The van der Waals surface area contributed by atoms with Gasteiger partial charge in [-0.25, -0.2) is 0 Å². The molecule has 3 aromatic carbocycles. The van der Waals surface area contributed by atoms with Gasteiger partial charge in [-0.05, 0) is 92.8 Å². The summed E-state index contributed by atoms with van der Waals surface area (Å²) in [7, 11) is 4.69. The summed E-state index contributed by atoms with van der Waals surface area (Å²) in [4.78, 5) is 4.04. The molecule has 0 spiro atoms. The number of methoxy groups -OCH3 is 3. The Balaban J connectivity index is 1.62. The Hall–Kier alpha value is -3.47. The summed E-state index contributed by atoms with van der Waals surface area (Å²) in [6.45, 7) is 7.33. The number of halogens is 3. The zero-order valence-corrected chi connectivity index (χ0v) is 25.6. The zero-order chi connectivity index (χ0) is 31.4. The minimum absolute atomic E-state index is 0.0413. The summed E-state index contributed by atoms with van der Waals surface area (Å²) in [5.41, 5.74) is 2.32. The van der Waals surface area contributed by atoms with Gasteiger partial charge in [-0.15, -0.1) is 0 Å². The van der Waals surface area contributed by atoms with E-state index in [-0.39, 0.29) is 6.04 Å². The van der Waals surface area contributed by atoms with Crippen molar-refractivity contribution in [3.05, 3.63) is 71.8 Å². The summed E-state index contributed by atoms with van der Waals surface area (Å²) < 4.78 is 62.3. The molecule has 1 heterocycles. The first-order valence-electron chi connectivity index (χ1n) is 14.3. The van der Waals surface area contributed by atoms with E-state index >= 15 is 0 Å². The monoisotopic (exact) mass is 602 g/mol. The molecule has 43 heavy (non-hydrogen) atoms. The van der Waals surface area contributed by atoms with Gasteiger partial charge in [-0.1, -0.05) is 18.2 Å². The molecule has 1 aliphatic heterocycles. The first-order valence-corrected chi connectivity index (χ1v) is 14.3. The number of rotatable bonds is 10. The van der Waals surface area contributed by atoms with Crippen LogP contribution in [0.1, 0.15) is 44.7 Å². The van der Waals surface area contributed by atoms with E-state index in [4.69, 9.17) is 18.9 Å². The second-order valence-corrected chi connectivity index (χ2v) is 11.6. The number of hydrogen-bond donors (Lipinski definition) is 1. The summed E-state index contributed by atoms with van der Waals surface area (Å²) in [5.74, 6) is 1.58. The molecular formula is C33H41F3N2O5. The molecule has 7 nitrogen and oxygen atoms in total. The number of hydrogen-bond acceptors (Lipinski definition) is 7. The van der Waals surface area contributed by atoms with Crippen LogP contribution in [-0.2, 0) is 17.5 Å². The first-order chi connectivity index (χ1) is 20.3. The minimum atomic E-state index is -4.41. The van der Waals surface area contributed by atoms with Gasteiger partial charge in [0.2, 0.25) is 12.2 Å². The quantitative estimate of drug-likeness (QED) is 0.252. The van der Waals surface area contributed by atoms with Crippen LogP contribution in [0.3, 0.4) is 0 Å². The van der Waals surface area contributed by atoms with Crippen LogP contribution in [-0.4, -0.2) is 62.5 Å². The van der Waals surface area contributed by atoms with E-state index in [9.17, 15) is 18.3 Å². The highest BCUT2D eigenvalue weighted by Gasteiger charge is 2.32. The fourth-order valence-electron chi connectivity index (χ4n) is 5.38. The van der Waals surface area contributed by atoms with Gasteiger partial charge in [0, 0.05) is 31.4 Å². The lowest BCUT2D eigenvalue weighted by Gasteiger charge is -2.42. The number of likely N-dealkylation sites (tertiary alicyclic amines) is 1. The fourth-order valence-corrected chi connectivity index (χ4v) is 5.38. The minimum Gasteiger partial charge on any atom is -0.493 e. The highest BCUT2D eigenvalue weighted by molar-refractivity contribution is 5.71. The average Bonchev–Trinajstić information content (AvgIpc) is 2.98. The smallest absolute Gasteiger partial charge is 0.416 e. The predicted molar refractivity (Wildman–Crippen MR) is 161 cm³/mol. The van der Waals surface area contributed by atoms with Crippen LogP contribution in [0, 0.1) is 0 Å². The van der Waals surface area contributed by atoms with E-state index in [0.29, 0.717) is 55.4 Å². The molecule has 4 rings (SSSR count). The van der Waals surface area contributed by atoms with Crippen LogP contribution in [0.4, 0.5) is 18.9 Å². The van der Waals surface area contributed by atoms with Crippen molar-refractivity contribution in [2.75, 3.05) is 39.3 Å². The molecule has 0 aliphatic carbocycles. The molecule has 0 aromatic heterocycles. The van der Waals surface area contributed by atoms with Crippen LogP contribution in [0.15, 0.2) is 60.7 Å². The van der Waals surface area contributed by atoms with Gasteiger partial charge in [-0.2, -0.15) is 13.2 Å². The van der Waals surface area contributed by atoms with Gasteiger partial charge >= 0.3 is 6.18 Å². The number of piperidine rings is 1. The molecule has 1 unspecified atom stereocenters. The van der Waals surface area contributed by atoms with Crippen molar-refractivity contribution in [1.29, 1.82) is 0 Å². The largest absolute Gasteiger partial charge is 0.493 e. The van der Waals surface area contributed by atoms with Gasteiger partial charge in [-0.3, -0.25) is 4.90 Å². The third kappa shape index (κ3) is 8.13. The molecule has 1 aliphatic rings. The highest BCUT2D eigenvalue weighted by atomic mass is 19.4. The number of anilines is 1. The number of alkyl halides is 3. The average molecular weight is 603 g/mol. The summed E-state index contributed by atoms with van der Waals surface area (Å²) in [6.07, 6.45) is -4.01. The van der Waals surface area contributed by atoms with E-state index in [1.54, 1.807) is 21.3 Å². The second kappa shape index (κ2) is 13.4. The maximum absolute atomic E-state index is 13.3. The van der Waals surface area contributed by atoms with Crippen molar-refractivity contribution in [2.45, 2.75) is 64.4 Å². The molecule has 0 saturated carbocycles. The molecule has 1 N–H and O–H groups in total. The Morgan fingerprint density at radius 3 is 1.98 bits per heavy atom. The number of nitrogens with zero attached hydrogens (tertiary/aromatic N) is 2. The Labute approximate surface area is 251 Å². The Morgan fingerprint density at radius 2 is 1.47 bits per heavy atom. The Morgan fingerprint density at radius 1 is 0.860 bits per heavy atom. The number of ether oxygens (including phenoxy) is 4. The van der Waals surface area contributed by atoms with Crippen LogP contribution >= 0.6 is 0 Å². The third-order valence-corrected chi connectivity index (χ3v) is 7.52. The van der Waals surface area contributed by atoms with Crippen molar-refractivity contribution >= 4 is 5.69 Å². The summed E-state index contributed by atoms with van der Waals surface area (Å²) >= 11 is 0. The molecule has 1 saturated heterocycles. The molecule has 10 heteroatoms. The van der Waals surface area contributed by atoms with Gasteiger partial charge < -0.3 is 29.0 Å². The van der Waals surface area contributed by atoms with E-state index in [1.165, 1.54) is 12.1 Å². The topological polar surface area (TPSA) is 63.6 Å². The standard InChI is InChI=1S/C33H41F3N2O5/c1-32(2,3)43-31(39)37-16-14-27(15-17-37)38(26-12-10-25(11-13-26)33(34,35)36)21-22-8-7-9-23(18-22)24-19-28(40-4)30(42-6)29(20-24)41-5/h7-13,18-20,27,31,39H,14-17,21H2,1-6H3. The number of aliphatic hydroxyl groups excluding tert-OH is 1. The second-order valence-electron chi connectivity index (χ2n) is 11.6. The van der Waals surface area contributed by atoms with Crippen LogP contribution in [0.5, 0.6) is 17.2 Å². The van der Waals surface area contributed by atoms with Gasteiger partial charge in [0.05, 0.1) is 32.5 Å². The lowest BCUT2D eigenvalue weighted by atomic mass is 9.99. The van der Waals surface area contributed by atoms with E-state index in [1.807, 2.05) is 56.0 Å². The molecule has 234 valence electrons. The van der Waals surface area contributed by atoms with Crippen LogP contribution in [0.25, 0.3) is 11.1 Å².